The Balaban J connectivity index is 0.00000384. The van der Waals surface area contributed by atoms with Gasteiger partial charge in [-0.05, 0) is 61.2 Å². The smallest absolute Gasteiger partial charge is 0.411 e. The monoisotopic (exact) mass is 609 g/mol. The van der Waals surface area contributed by atoms with Gasteiger partial charge in [-0.3, -0.25) is 9.69 Å². The number of rotatable bonds is 10. The molecule has 0 saturated carbocycles. The van der Waals surface area contributed by atoms with E-state index in [0.29, 0.717) is 6.54 Å². The van der Waals surface area contributed by atoms with E-state index >= 15 is 0 Å². The van der Waals surface area contributed by atoms with Crippen molar-refractivity contribution in [1.82, 2.24) is 15.1 Å². The molecule has 7 heteroatoms. The van der Waals surface area contributed by atoms with Gasteiger partial charge in [-0.15, -0.1) is 12.4 Å². The van der Waals surface area contributed by atoms with Gasteiger partial charge in [0, 0.05) is 12.0 Å². The summed E-state index contributed by atoms with van der Waals surface area (Å²) in [5.41, 5.74) is 3.79. The number of likely N-dealkylation sites (tertiary alicyclic amines) is 1. The first-order valence-electron chi connectivity index (χ1n) is 15.3. The fourth-order valence-electron chi connectivity index (χ4n) is 6.90. The number of halogens is 1. The van der Waals surface area contributed by atoms with Crippen LogP contribution in [0.5, 0.6) is 0 Å². The Morgan fingerprint density at radius 3 is 1.64 bits per heavy atom. The first kappa shape index (κ1) is 31.3. The molecule has 0 radical (unpaired) electrons. The van der Waals surface area contributed by atoms with Crippen molar-refractivity contribution in [2.24, 2.45) is 0 Å². The summed E-state index contributed by atoms with van der Waals surface area (Å²) < 4.78 is 5.58. The standard InChI is InChI=1S/C37H39N3O3.ClH/c41-34(28-40-35(42)43-29-37(40,32-18-9-3-10-19-32)33-20-11-4-12-21-33)38-24-13-25-39-26-22-36(23-27-39,30-14-5-1-6-15-30)31-16-7-2-8-17-31;/h1-12,14-21H,13,22-29H2,(H,38,41);1H. The minimum Gasteiger partial charge on any atom is -0.446 e. The third-order valence-corrected chi connectivity index (χ3v) is 9.23. The Kier molecular flexibility index (Phi) is 10.0. The summed E-state index contributed by atoms with van der Waals surface area (Å²) in [4.78, 5) is 30.2. The number of nitrogens with zero attached hydrogens (tertiary/aromatic N) is 2. The summed E-state index contributed by atoms with van der Waals surface area (Å²) in [6, 6.07) is 41.4. The van der Waals surface area contributed by atoms with Crippen molar-refractivity contribution in [3.8, 4) is 0 Å². The highest BCUT2D eigenvalue weighted by atomic mass is 35.5. The molecule has 2 aliphatic rings. The average Bonchev–Trinajstić information content (AvgIpc) is 3.41. The van der Waals surface area contributed by atoms with Gasteiger partial charge in [0.25, 0.3) is 0 Å². The Morgan fingerprint density at radius 2 is 1.16 bits per heavy atom. The summed E-state index contributed by atoms with van der Waals surface area (Å²) in [5.74, 6) is -0.180. The van der Waals surface area contributed by atoms with Gasteiger partial charge in [0.05, 0.1) is 0 Å². The summed E-state index contributed by atoms with van der Waals surface area (Å²) in [7, 11) is 0. The molecule has 2 heterocycles. The predicted octanol–water partition coefficient (Wildman–Crippen LogP) is 6.39. The Bertz CT molecular complexity index is 1410. The zero-order chi connectivity index (χ0) is 29.5. The van der Waals surface area contributed by atoms with Gasteiger partial charge in [-0.1, -0.05) is 121 Å². The molecule has 228 valence electrons. The number of hydrogen-bond donors (Lipinski definition) is 1. The van der Waals surface area contributed by atoms with Crippen LogP contribution in [0.2, 0.25) is 0 Å². The molecule has 4 aromatic rings. The number of nitrogens with one attached hydrogen (secondary N) is 1. The van der Waals surface area contributed by atoms with E-state index in [2.05, 4.69) is 70.9 Å². The molecule has 0 unspecified atom stereocenters. The van der Waals surface area contributed by atoms with Gasteiger partial charge >= 0.3 is 6.09 Å². The summed E-state index contributed by atoms with van der Waals surface area (Å²) in [6.07, 6.45) is 2.50. The normalized spacial score (nSPS) is 17.4. The third kappa shape index (κ3) is 6.23. The largest absolute Gasteiger partial charge is 0.446 e. The minimum absolute atomic E-state index is 0. The van der Waals surface area contributed by atoms with E-state index in [1.807, 2.05) is 60.7 Å². The first-order valence-corrected chi connectivity index (χ1v) is 15.3. The molecule has 0 spiro atoms. The zero-order valence-corrected chi connectivity index (χ0v) is 25.8. The molecule has 1 N–H and O–H groups in total. The van der Waals surface area contributed by atoms with E-state index in [9.17, 15) is 9.59 Å². The third-order valence-electron chi connectivity index (χ3n) is 9.23. The molecule has 6 nitrogen and oxygen atoms in total. The van der Waals surface area contributed by atoms with E-state index in [1.165, 1.54) is 11.1 Å². The van der Waals surface area contributed by atoms with Crippen molar-refractivity contribution in [3.05, 3.63) is 144 Å². The van der Waals surface area contributed by atoms with Crippen LogP contribution in [0, 0.1) is 0 Å². The average molecular weight is 610 g/mol. The van der Waals surface area contributed by atoms with Crippen molar-refractivity contribution in [2.45, 2.75) is 30.2 Å². The molecular weight excluding hydrogens is 570 g/mol. The van der Waals surface area contributed by atoms with Crippen molar-refractivity contribution in [2.75, 3.05) is 39.3 Å². The number of carbonyl (C=O) groups excluding carboxylic acids is 2. The van der Waals surface area contributed by atoms with Crippen LogP contribution in [0.15, 0.2) is 121 Å². The van der Waals surface area contributed by atoms with E-state index in [-0.39, 0.29) is 36.9 Å². The molecule has 44 heavy (non-hydrogen) atoms. The maximum absolute atomic E-state index is 13.2. The molecule has 2 saturated heterocycles. The maximum atomic E-state index is 13.2. The molecule has 4 aromatic carbocycles. The van der Waals surface area contributed by atoms with E-state index < -0.39 is 11.6 Å². The molecule has 0 aromatic heterocycles. The summed E-state index contributed by atoms with van der Waals surface area (Å²) in [6.45, 7) is 3.59. The van der Waals surface area contributed by atoms with Crippen LogP contribution in [0.25, 0.3) is 0 Å². The lowest BCUT2D eigenvalue weighted by Crippen LogP contribution is -2.50. The number of benzene rings is 4. The zero-order valence-electron chi connectivity index (χ0n) is 24.9. The molecule has 0 atom stereocenters. The molecule has 2 fully saturated rings. The Hall–Kier alpha value is -4.13. The molecule has 0 aliphatic carbocycles. The van der Waals surface area contributed by atoms with E-state index in [1.54, 1.807) is 4.90 Å². The second-order valence-corrected chi connectivity index (χ2v) is 11.6. The molecule has 0 bridgehead atoms. The number of amides is 2. The lowest BCUT2D eigenvalue weighted by Gasteiger charge is -2.43. The van der Waals surface area contributed by atoms with Crippen LogP contribution >= 0.6 is 12.4 Å². The van der Waals surface area contributed by atoms with Crippen LogP contribution in [-0.4, -0.2) is 61.1 Å². The highest BCUT2D eigenvalue weighted by Gasteiger charge is 2.50. The SMILES string of the molecule is Cl.O=C(CN1C(=O)OCC1(c1ccccc1)c1ccccc1)NCCCN1CCC(c2ccccc2)(c2ccccc2)CC1. The fraction of sp³-hybridized carbons (Fsp3) is 0.297. The number of carbonyl (C=O) groups is 2. The van der Waals surface area contributed by atoms with Crippen LogP contribution in [-0.2, 0) is 20.5 Å². The lowest BCUT2D eigenvalue weighted by molar-refractivity contribution is -0.122. The van der Waals surface area contributed by atoms with E-state index in [4.69, 9.17) is 4.74 Å². The second kappa shape index (κ2) is 14.1. The summed E-state index contributed by atoms with van der Waals surface area (Å²) in [5, 5.41) is 3.06. The summed E-state index contributed by atoms with van der Waals surface area (Å²) >= 11 is 0. The van der Waals surface area contributed by atoms with Crippen molar-refractivity contribution < 1.29 is 14.3 Å². The number of ether oxygens (including phenoxy) is 1. The van der Waals surface area contributed by atoms with Gasteiger partial charge in [-0.2, -0.15) is 0 Å². The van der Waals surface area contributed by atoms with Crippen molar-refractivity contribution >= 4 is 24.4 Å². The Labute approximate surface area is 266 Å². The molecule has 2 aliphatic heterocycles. The predicted molar refractivity (Wildman–Crippen MR) is 176 cm³/mol. The van der Waals surface area contributed by atoms with Crippen LogP contribution in [0.4, 0.5) is 4.79 Å². The van der Waals surface area contributed by atoms with Gasteiger partial charge < -0.3 is 15.0 Å². The van der Waals surface area contributed by atoms with Crippen molar-refractivity contribution in [3.63, 3.8) is 0 Å². The van der Waals surface area contributed by atoms with Crippen LogP contribution in [0.3, 0.4) is 0 Å². The number of piperidine rings is 1. The van der Waals surface area contributed by atoms with Gasteiger partial charge in [0.1, 0.15) is 18.7 Å². The Morgan fingerprint density at radius 1 is 0.705 bits per heavy atom. The highest BCUT2D eigenvalue weighted by Crippen LogP contribution is 2.42. The maximum Gasteiger partial charge on any atom is 0.411 e. The topological polar surface area (TPSA) is 61.9 Å². The van der Waals surface area contributed by atoms with Gasteiger partial charge in [-0.25, -0.2) is 4.79 Å². The van der Waals surface area contributed by atoms with Gasteiger partial charge in [0.15, 0.2) is 0 Å². The second-order valence-electron chi connectivity index (χ2n) is 11.6. The first-order chi connectivity index (χ1) is 21.1. The molecule has 6 rings (SSSR count). The molecular formula is C37H40ClN3O3. The van der Waals surface area contributed by atoms with Crippen molar-refractivity contribution in [1.29, 1.82) is 0 Å². The number of hydrogen-bond acceptors (Lipinski definition) is 4. The quantitative estimate of drug-likeness (QED) is 0.212. The number of cyclic esters (lactones) is 1. The highest BCUT2D eigenvalue weighted by molar-refractivity contribution is 5.85. The van der Waals surface area contributed by atoms with Crippen LogP contribution in [0.1, 0.15) is 41.5 Å². The van der Waals surface area contributed by atoms with Gasteiger partial charge in [0.2, 0.25) is 5.91 Å². The molecule has 2 amide bonds. The lowest BCUT2D eigenvalue weighted by atomic mass is 9.68. The van der Waals surface area contributed by atoms with Crippen LogP contribution < -0.4 is 5.32 Å². The minimum atomic E-state index is -0.852. The fourth-order valence-corrected chi connectivity index (χ4v) is 6.90. The van der Waals surface area contributed by atoms with E-state index in [0.717, 1.165) is 50.0 Å².